The minimum absolute atomic E-state index is 0.127. The zero-order chi connectivity index (χ0) is 13.1. The Balaban J connectivity index is 2.74. The van der Waals surface area contributed by atoms with Crippen LogP contribution in [0.25, 0.3) is 0 Å². The molecule has 0 N–H and O–H groups in total. The summed E-state index contributed by atoms with van der Waals surface area (Å²) < 4.78 is 6.33. The van der Waals surface area contributed by atoms with Crippen LogP contribution in [0.4, 0.5) is 0 Å². The first-order chi connectivity index (χ1) is 7.84. The van der Waals surface area contributed by atoms with Crippen molar-refractivity contribution in [1.82, 2.24) is 0 Å². The Kier molecular flexibility index (Phi) is 4.90. The molecule has 1 aromatic carbocycles. The number of carbonyl (C=O) groups excluding carboxylic acids is 1. The van der Waals surface area contributed by atoms with Gasteiger partial charge in [0.25, 0.3) is 0 Å². The SMILES string of the molecule is COC(C(=O)Cc1ccc(Br)cc1)C(C)(C)C. The predicted molar refractivity (Wildman–Crippen MR) is 73.1 cm³/mol. The molecule has 0 aromatic heterocycles. The maximum atomic E-state index is 12.1. The fraction of sp³-hybridized carbons (Fsp3) is 0.500. The van der Waals surface area contributed by atoms with E-state index in [9.17, 15) is 4.79 Å². The minimum Gasteiger partial charge on any atom is -0.373 e. The highest BCUT2D eigenvalue weighted by atomic mass is 79.9. The zero-order valence-corrected chi connectivity index (χ0v) is 12.4. The van der Waals surface area contributed by atoms with Crippen LogP contribution in [-0.2, 0) is 16.0 Å². The van der Waals surface area contributed by atoms with E-state index in [1.807, 2.05) is 45.0 Å². The molecule has 0 saturated carbocycles. The third-order valence-electron chi connectivity index (χ3n) is 2.61. The van der Waals surface area contributed by atoms with Crippen molar-refractivity contribution in [3.05, 3.63) is 34.3 Å². The van der Waals surface area contributed by atoms with E-state index in [4.69, 9.17) is 4.74 Å². The molecular formula is C14H19BrO2. The van der Waals surface area contributed by atoms with Crippen LogP contribution < -0.4 is 0 Å². The van der Waals surface area contributed by atoms with E-state index >= 15 is 0 Å². The van der Waals surface area contributed by atoms with Crippen LogP contribution in [0.3, 0.4) is 0 Å². The number of hydrogen-bond donors (Lipinski definition) is 0. The molecule has 94 valence electrons. The first kappa shape index (κ1) is 14.4. The number of ether oxygens (including phenoxy) is 1. The van der Waals surface area contributed by atoms with Crippen LogP contribution in [0, 0.1) is 5.41 Å². The summed E-state index contributed by atoms with van der Waals surface area (Å²) in [5, 5.41) is 0. The lowest BCUT2D eigenvalue weighted by atomic mass is 9.85. The molecule has 0 aliphatic carbocycles. The average molecular weight is 299 g/mol. The van der Waals surface area contributed by atoms with Crippen molar-refractivity contribution in [2.45, 2.75) is 33.3 Å². The maximum absolute atomic E-state index is 12.1. The molecule has 0 heterocycles. The Morgan fingerprint density at radius 1 is 1.29 bits per heavy atom. The highest BCUT2D eigenvalue weighted by Gasteiger charge is 2.30. The number of methoxy groups -OCH3 is 1. The summed E-state index contributed by atoms with van der Waals surface area (Å²) in [5.74, 6) is 0.127. The fourth-order valence-electron chi connectivity index (χ4n) is 1.86. The van der Waals surface area contributed by atoms with Crippen molar-refractivity contribution in [2.75, 3.05) is 7.11 Å². The highest BCUT2D eigenvalue weighted by molar-refractivity contribution is 9.10. The number of hydrogen-bond acceptors (Lipinski definition) is 2. The normalized spacial score (nSPS) is 13.5. The van der Waals surface area contributed by atoms with Gasteiger partial charge < -0.3 is 4.74 Å². The predicted octanol–water partition coefficient (Wildman–Crippen LogP) is 3.62. The third-order valence-corrected chi connectivity index (χ3v) is 3.13. The van der Waals surface area contributed by atoms with Crippen LogP contribution in [0.15, 0.2) is 28.7 Å². The number of rotatable bonds is 4. The van der Waals surface area contributed by atoms with Crippen LogP contribution in [0.1, 0.15) is 26.3 Å². The lowest BCUT2D eigenvalue weighted by molar-refractivity contribution is -0.134. The molecule has 0 radical (unpaired) electrons. The number of halogens is 1. The molecule has 0 bridgehead atoms. The van der Waals surface area contributed by atoms with Gasteiger partial charge in [0.1, 0.15) is 6.10 Å². The van der Waals surface area contributed by atoms with Crippen LogP contribution in [0.5, 0.6) is 0 Å². The second-order valence-corrected chi connectivity index (χ2v) is 6.17. The van der Waals surface area contributed by atoms with E-state index in [2.05, 4.69) is 15.9 Å². The van der Waals surface area contributed by atoms with Gasteiger partial charge in [0.15, 0.2) is 5.78 Å². The summed E-state index contributed by atoms with van der Waals surface area (Å²) in [6.45, 7) is 6.04. The number of benzene rings is 1. The first-order valence-electron chi connectivity index (χ1n) is 5.64. The molecule has 1 atom stereocenters. The van der Waals surface area contributed by atoms with Gasteiger partial charge in [0.05, 0.1) is 0 Å². The Morgan fingerprint density at radius 3 is 2.24 bits per heavy atom. The standard InChI is InChI=1S/C14H19BrO2/c1-14(2,3)13(17-4)12(16)9-10-5-7-11(15)8-6-10/h5-8,13H,9H2,1-4H3. The number of carbonyl (C=O) groups is 1. The molecule has 1 aromatic rings. The van der Waals surface area contributed by atoms with E-state index in [1.54, 1.807) is 7.11 Å². The van der Waals surface area contributed by atoms with Gasteiger partial charge in [-0.1, -0.05) is 48.8 Å². The van der Waals surface area contributed by atoms with E-state index in [0.717, 1.165) is 10.0 Å². The maximum Gasteiger partial charge on any atom is 0.166 e. The van der Waals surface area contributed by atoms with Crippen LogP contribution in [0.2, 0.25) is 0 Å². The highest BCUT2D eigenvalue weighted by Crippen LogP contribution is 2.24. The molecule has 0 spiro atoms. The second-order valence-electron chi connectivity index (χ2n) is 5.25. The zero-order valence-electron chi connectivity index (χ0n) is 10.8. The van der Waals surface area contributed by atoms with Gasteiger partial charge in [0.2, 0.25) is 0 Å². The Labute approximate surface area is 111 Å². The van der Waals surface area contributed by atoms with Gasteiger partial charge in [-0.2, -0.15) is 0 Å². The molecule has 0 fully saturated rings. The van der Waals surface area contributed by atoms with Gasteiger partial charge in [-0.3, -0.25) is 4.79 Å². The van der Waals surface area contributed by atoms with E-state index in [0.29, 0.717) is 6.42 Å². The van der Waals surface area contributed by atoms with Gasteiger partial charge >= 0.3 is 0 Å². The summed E-state index contributed by atoms with van der Waals surface area (Å²) in [7, 11) is 1.59. The molecule has 0 saturated heterocycles. The average Bonchev–Trinajstić information content (AvgIpc) is 2.20. The van der Waals surface area contributed by atoms with Crippen LogP contribution >= 0.6 is 15.9 Å². The van der Waals surface area contributed by atoms with E-state index in [1.165, 1.54) is 0 Å². The number of Topliss-reactive ketones (excluding diaryl/α,β-unsaturated/α-hetero) is 1. The molecule has 17 heavy (non-hydrogen) atoms. The van der Waals surface area contributed by atoms with Gasteiger partial charge in [0, 0.05) is 18.0 Å². The summed E-state index contributed by atoms with van der Waals surface area (Å²) in [5.41, 5.74) is 0.853. The largest absolute Gasteiger partial charge is 0.373 e. The lowest BCUT2D eigenvalue weighted by Gasteiger charge is -2.28. The molecule has 1 unspecified atom stereocenters. The molecular weight excluding hydrogens is 280 g/mol. The fourth-order valence-corrected chi connectivity index (χ4v) is 2.13. The summed E-state index contributed by atoms with van der Waals surface area (Å²) in [6.07, 6.45) is 0.0643. The first-order valence-corrected chi connectivity index (χ1v) is 6.44. The van der Waals surface area contributed by atoms with E-state index < -0.39 is 0 Å². The van der Waals surface area contributed by atoms with Gasteiger partial charge in [-0.05, 0) is 23.1 Å². The van der Waals surface area contributed by atoms with Crippen molar-refractivity contribution in [3.63, 3.8) is 0 Å². The molecule has 3 heteroatoms. The van der Waals surface area contributed by atoms with Crippen molar-refractivity contribution < 1.29 is 9.53 Å². The monoisotopic (exact) mass is 298 g/mol. The molecule has 0 aliphatic heterocycles. The summed E-state index contributed by atoms with van der Waals surface area (Å²) >= 11 is 3.38. The second kappa shape index (κ2) is 5.78. The Morgan fingerprint density at radius 2 is 1.82 bits per heavy atom. The molecule has 0 amide bonds. The quantitative estimate of drug-likeness (QED) is 0.848. The van der Waals surface area contributed by atoms with Crippen molar-refractivity contribution in [2.24, 2.45) is 5.41 Å². The van der Waals surface area contributed by atoms with Gasteiger partial charge in [-0.25, -0.2) is 0 Å². The molecule has 0 aliphatic rings. The smallest absolute Gasteiger partial charge is 0.166 e. The lowest BCUT2D eigenvalue weighted by Crippen LogP contribution is -2.37. The third kappa shape index (κ3) is 4.25. The van der Waals surface area contributed by atoms with Crippen molar-refractivity contribution in [3.8, 4) is 0 Å². The number of ketones is 1. The van der Waals surface area contributed by atoms with Crippen molar-refractivity contribution in [1.29, 1.82) is 0 Å². The van der Waals surface area contributed by atoms with Crippen LogP contribution in [-0.4, -0.2) is 19.0 Å². The van der Waals surface area contributed by atoms with E-state index in [-0.39, 0.29) is 17.3 Å². The Bertz CT molecular complexity index is 376. The topological polar surface area (TPSA) is 26.3 Å². The summed E-state index contributed by atoms with van der Waals surface area (Å²) in [6, 6.07) is 7.80. The Hall–Kier alpha value is -0.670. The van der Waals surface area contributed by atoms with Crippen molar-refractivity contribution >= 4 is 21.7 Å². The summed E-state index contributed by atoms with van der Waals surface area (Å²) in [4.78, 5) is 12.1. The minimum atomic E-state index is -0.355. The van der Waals surface area contributed by atoms with Gasteiger partial charge in [-0.15, -0.1) is 0 Å². The molecule has 1 rings (SSSR count). The molecule has 2 nitrogen and oxygen atoms in total.